The number of nitrogens with one attached hydrogen (secondary N) is 3. The Kier molecular flexibility index (Phi) is 4.55. The van der Waals surface area contributed by atoms with Crippen molar-refractivity contribution in [1.82, 2.24) is 10.6 Å². The fourth-order valence-electron chi connectivity index (χ4n) is 3.82. The molecule has 2 atom stereocenters. The Labute approximate surface area is 150 Å². The van der Waals surface area contributed by atoms with E-state index in [0.29, 0.717) is 28.2 Å². The van der Waals surface area contributed by atoms with Crippen molar-refractivity contribution in [2.45, 2.75) is 43.8 Å². The van der Waals surface area contributed by atoms with Crippen molar-refractivity contribution in [1.29, 1.82) is 0 Å². The molecule has 2 aliphatic heterocycles. The van der Waals surface area contributed by atoms with E-state index in [2.05, 4.69) is 16.0 Å². The van der Waals surface area contributed by atoms with Gasteiger partial charge in [0, 0.05) is 18.1 Å². The third kappa shape index (κ3) is 3.60. The van der Waals surface area contributed by atoms with Crippen LogP contribution in [0.5, 0.6) is 0 Å². The first kappa shape index (κ1) is 16.3. The molecular formula is C19H21N3O2S. The predicted octanol–water partition coefficient (Wildman–Crippen LogP) is 3.01. The molecule has 2 aromatic rings. The van der Waals surface area contributed by atoms with Gasteiger partial charge in [-0.25, -0.2) is 0 Å². The van der Waals surface area contributed by atoms with Gasteiger partial charge in [0.25, 0.3) is 11.8 Å². The molecule has 6 heteroatoms. The van der Waals surface area contributed by atoms with Crippen LogP contribution in [0.4, 0.5) is 5.69 Å². The van der Waals surface area contributed by atoms with Crippen molar-refractivity contribution in [2.24, 2.45) is 0 Å². The van der Waals surface area contributed by atoms with E-state index in [1.807, 2.05) is 23.6 Å². The summed E-state index contributed by atoms with van der Waals surface area (Å²) in [5, 5.41) is 11.5. The molecule has 3 heterocycles. The first-order valence-corrected chi connectivity index (χ1v) is 9.58. The number of amides is 2. The number of benzene rings is 1. The van der Waals surface area contributed by atoms with Crippen molar-refractivity contribution in [2.75, 3.05) is 5.32 Å². The molecule has 2 fully saturated rings. The SMILES string of the molecule is O=C(Nc1ccccc1C(=O)NC1CC2CCC(C1)N2)c1cccs1. The van der Waals surface area contributed by atoms with Crippen molar-refractivity contribution in [3.63, 3.8) is 0 Å². The highest BCUT2D eigenvalue weighted by molar-refractivity contribution is 7.12. The largest absolute Gasteiger partial charge is 0.349 e. The molecule has 0 spiro atoms. The second kappa shape index (κ2) is 6.98. The molecule has 0 saturated carbocycles. The Morgan fingerprint density at radius 1 is 1.00 bits per heavy atom. The molecule has 130 valence electrons. The van der Waals surface area contributed by atoms with Gasteiger partial charge in [-0.2, -0.15) is 0 Å². The fourth-order valence-corrected chi connectivity index (χ4v) is 4.44. The third-order valence-electron chi connectivity index (χ3n) is 4.97. The van der Waals surface area contributed by atoms with E-state index >= 15 is 0 Å². The zero-order chi connectivity index (χ0) is 17.2. The Hall–Kier alpha value is -2.18. The number of carbonyl (C=O) groups is 2. The number of carbonyl (C=O) groups excluding carboxylic acids is 2. The standard InChI is InChI=1S/C19H21N3O2S/c23-18(21-14-10-12-7-8-13(11-14)20-12)15-4-1-2-5-16(15)22-19(24)17-6-3-9-25-17/h1-6,9,12-14,20H,7-8,10-11H2,(H,21,23)(H,22,24). The van der Waals surface area contributed by atoms with Gasteiger partial charge in [-0.3, -0.25) is 9.59 Å². The summed E-state index contributed by atoms with van der Waals surface area (Å²) in [6, 6.07) is 12.0. The van der Waals surface area contributed by atoms with Crippen LogP contribution in [0.15, 0.2) is 41.8 Å². The summed E-state index contributed by atoms with van der Waals surface area (Å²) in [6.07, 6.45) is 4.35. The summed E-state index contributed by atoms with van der Waals surface area (Å²) in [5.74, 6) is -0.302. The van der Waals surface area contributed by atoms with Crippen LogP contribution in [-0.4, -0.2) is 29.9 Å². The maximum Gasteiger partial charge on any atom is 0.265 e. The summed E-state index contributed by atoms with van der Waals surface area (Å²) in [7, 11) is 0. The van der Waals surface area contributed by atoms with Gasteiger partial charge >= 0.3 is 0 Å². The summed E-state index contributed by atoms with van der Waals surface area (Å²) >= 11 is 1.38. The molecule has 5 nitrogen and oxygen atoms in total. The quantitative estimate of drug-likeness (QED) is 0.790. The average Bonchev–Trinajstić information content (AvgIpc) is 3.25. The number of anilines is 1. The van der Waals surface area contributed by atoms with Crippen LogP contribution in [0, 0.1) is 0 Å². The number of rotatable bonds is 4. The number of hydrogen-bond acceptors (Lipinski definition) is 4. The van der Waals surface area contributed by atoms with Gasteiger partial charge in [-0.1, -0.05) is 18.2 Å². The van der Waals surface area contributed by atoms with E-state index in [9.17, 15) is 9.59 Å². The van der Waals surface area contributed by atoms with Crippen molar-refractivity contribution < 1.29 is 9.59 Å². The molecule has 2 unspecified atom stereocenters. The summed E-state index contributed by atoms with van der Waals surface area (Å²) < 4.78 is 0. The lowest BCUT2D eigenvalue weighted by Gasteiger charge is -2.29. The van der Waals surface area contributed by atoms with Crippen molar-refractivity contribution in [3.8, 4) is 0 Å². The highest BCUT2D eigenvalue weighted by Crippen LogP contribution is 2.27. The van der Waals surface area contributed by atoms with Crippen molar-refractivity contribution >= 4 is 28.8 Å². The normalized spacial score (nSPS) is 24.7. The second-order valence-electron chi connectivity index (χ2n) is 6.76. The molecule has 1 aromatic carbocycles. The van der Waals surface area contributed by atoms with E-state index in [1.54, 1.807) is 18.2 Å². The molecule has 0 aliphatic carbocycles. The van der Waals surface area contributed by atoms with Crippen LogP contribution >= 0.6 is 11.3 Å². The minimum Gasteiger partial charge on any atom is -0.349 e. The average molecular weight is 355 g/mol. The second-order valence-corrected chi connectivity index (χ2v) is 7.70. The molecule has 1 aromatic heterocycles. The number of para-hydroxylation sites is 1. The molecular weight excluding hydrogens is 334 g/mol. The zero-order valence-electron chi connectivity index (χ0n) is 13.8. The molecule has 2 aliphatic rings. The van der Waals surface area contributed by atoms with Gasteiger partial charge in [-0.15, -0.1) is 11.3 Å². The maximum absolute atomic E-state index is 12.8. The highest BCUT2D eigenvalue weighted by Gasteiger charge is 2.34. The first-order valence-electron chi connectivity index (χ1n) is 8.70. The molecule has 2 amide bonds. The van der Waals surface area contributed by atoms with Crippen molar-refractivity contribution in [3.05, 3.63) is 52.2 Å². The Bertz CT molecular complexity index is 763. The highest BCUT2D eigenvalue weighted by atomic mass is 32.1. The third-order valence-corrected chi connectivity index (χ3v) is 5.84. The van der Waals surface area contributed by atoms with Crippen LogP contribution in [-0.2, 0) is 0 Å². The molecule has 4 rings (SSSR count). The van der Waals surface area contributed by atoms with E-state index in [0.717, 1.165) is 12.8 Å². The van der Waals surface area contributed by atoms with E-state index in [-0.39, 0.29) is 17.9 Å². The Morgan fingerprint density at radius 2 is 1.76 bits per heavy atom. The zero-order valence-corrected chi connectivity index (χ0v) is 14.6. The van der Waals surface area contributed by atoms with Gasteiger partial charge in [0.2, 0.25) is 0 Å². The maximum atomic E-state index is 12.8. The minimum absolute atomic E-state index is 0.117. The topological polar surface area (TPSA) is 70.2 Å². The summed E-state index contributed by atoms with van der Waals surface area (Å²) in [5.41, 5.74) is 1.06. The van der Waals surface area contributed by atoms with Crippen LogP contribution in [0.3, 0.4) is 0 Å². The van der Waals surface area contributed by atoms with Gasteiger partial charge < -0.3 is 16.0 Å². The monoisotopic (exact) mass is 355 g/mol. The number of thiophene rings is 1. The van der Waals surface area contributed by atoms with Crippen LogP contribution < -0.4 is 16.0 Å². The molecule has 2 bridgehead atoms. The summed E-state index contributed by atoms with van der Waals surface area (Å²) in [4.78, 5) is 25.7. The number of fused-ring (bicyclic) bond motifs is 2. The lowest BCUT2D eigenvalue weighted by atomic mass is 9.99. The minimum atomic E-state index is -0.185. The number of hydrogen-bond donors (Lipinski definition) is 3. The van der Waals surface area contributed by atoms with Crippen LogP contribution in [0.2, 0.25) is 0 Å². The number of piperidine rings is 1. The van der Waals surface area contributed by atoms with E-state index < -0.39 is 0 Å². The molecule has 3 N–H and O–H groups in total. The van der Waals surface area contributed by atoms with E-state index in [4.69, 9.17) is 0 Å². The molecule has 0 radical (unpaired) electrons. The lowest BCUT2D eigenvalue weighted by molar-refractivity contribution is 0.0925. The molecule has 25 heavy (non-hydrogen) atoms. The van der Waals surface area contributed by atoms with Gasteiger partial charge in [0.1, 0.15) is 0 Å². The van der Waals surface area contributed by atoms with Gasteiger partial charge in [0.05, 0.1) is 16.1 Å². The smallest absolute Gasteiger partial charge is 0.265 e. The van der Waals surface area contributed by atoms with Crippen LogP contribution in [0.1, 0.15) is 45.7 Å². The Balaban J connectivity index is 1.46. The van der Waals surface area contributed by atoms with Crippen LogP contribution in [0.25, 0.3) is 0 Å². The van der Waals surface area contributed by atoms with Gasteiger partial charge in [0.15, 0.2) is 0 Å². The first-order chi connectivity index (χ1) is 12.2. The van der Waals surface area contributed by atoms with E-state index in [1.165, 1.54) is 24.2 Å². The molecule has 2 saturated heterocycles. The lowest BCUT2D eigenvalue weighted by Crippen LogP contribution is -2.48. The predicted molar refractivity (Wildman–Crippen MR) is 99.1 cm³/mol. The fraction of sp³-hybridized carbons (Fsp3) is 0.368. The Morgan fingerprint density at radius 3 is 2.48 bits per heavy atom. The summed E-state index contributed by atoms with van der Waals surface area (Å²) in [6.45, 7) is 0. The van der Waals surface area contributed by atoms with Gasteiger partial charge in [-0.05, 0) is 49.3 Å².